The van der Waals surface area contributed by atoms with Crippen LogP contribution in [0.2, 0.25) is 0 Å². The van der Waals surface area contributed by atoms with Crippen molar-refractivity contribution in [1.29, 1.82) is 0 Å². The molecule has 0 saturated heterocycles. The van der Waals surface area contributed by atoms with Crippen LogP contribution in [0.4, 0.5) is 0 Å². The van der Waals surface area contributed by atoms with Gasteiger partial charge >= 0.3 is 5.97 Å². The molecule has 1 aromatic heterocycles. The van der Waals surface area contributed by atoms with Gasteiger partial charge in [-0.25, -0.2) is 15.3 Å². The number of benzene rings is 1. The van der Waals surface area contributed by atoms with Gasteiger partial charge in [0, 0.05) is 5.39 Å². The normalized spacial score (nSPS) is 10.4. The summed E-state index contributed by atoms with van der Waals surface area (Å²) in [6.07, 6.45) is 0. The second-order valence-corrected chi connectivity index (χ2v) is 2.86. The number of nitrogens with one attached hydrogen (secondary N) is 1. The minimum atomic E-state index is -1.01. The molecule has 0 saturated carbocycles. The van der Waals surface area contributed by atoms with Crippen molar-refractivity contribution in [3.63, 3.8) is 0 Å². The Morgan fingerprint density at radius 1 is 1.43 bits per heavy atom. The van der Waals surface area contributed by atoms with E-state index in [0.717, 1.165) is 10.9 Å². The first kappa shape index (κ1) is 8.58. The zero-order valence-electron chi connectivity index (χ0n) is 7.27. The van der Waals surface area contributed by atoms with E-state index in [1.54, 1.807) is 12.1 Å². The van der Waals surface area contributed by atoms with Gasteiger partial charge < -0.3 is 5.11 Å². The molecule has 0 amide bonds. The Morgan fingerprint density at radius 2 is 2.14 bits per heavy atom. The molecule has 0 spiro atoms. The second-order valence-electron chi connectivity index (χ2n) is 2.86. The van der Waals surface area contributed by atoms with Crippen molar-refractivity contribution in [3.8, 4) is 0 Å². The van der Waals surface area contributed by atoms with Crippen LogP contribution in [0, 0.1) is 0 Å². The number of para-hydroxylation sites is 1. The predicted octanol–water partition coefficient (Wildman–Crippen LogP) is 0.757. The number of nitrogen functional groups attached to an aromatic ring is 1. The first-order chi connectivity index (χ1) is 6.74. The molecule has 1 heterocycles. The Hall–Kier alpha value is -2.01. The smallest absolute Gasteiger partial charge is 0.354 e. The lowest BCUT2D eigenvalue weighted by Crippen LogP contribution is -2.24. The number of carbonyl (C=O) groups is 1. The molecular weight excluding hydrogens is 182 g/mol. The van der Waals surface area contributed by atoms with E-state index in [-0.39, 0.29) is 5.69 Å². The zero-order valence-corrected chi connectivity index (χ0v) is 7.27. The second kappa shape index (κ2) is 3.04. The molecule has 5 nitrogen and oxygen atoms in total. The number of fused-ring (bicyclic) bond motifs is 1. The van der Waals surface area contributed by atoms with Crippen molar-refractivity contribution >= 4 is 16.9 Å². The molecule has 0 aliphatic carbocycles. The molecule has 0 fully saturated rings. The van der Waals surface area contributed by atoms with Gasteiger partial charge in [0.15, 0.2) is 0 Å². The fraction of sp³-hybridized carbons (Fsp3) is 0. The molecule has 0 bridgehead atoms. The van der Waals surface area contributed by atoms with Gasteiger partial charge in [0.25, 0.3) is 0 Å². The van der Waals surface area contributed by atoms with Crippen molar-refractivity contribution in [3.05, 3.63) is 36.0 Å². The maximum Gasteiger partial charge on any atom is 0.354 e. The molecule has 72 valence electrons. The average Bonchev–Trinajstić information content (AvgIpc) is 2.56. The van der Waals surface area contributed by atoms with Crippen LogP contribution in [0.15, 0.2) is 30.3 Å². The third-order valence-corrected chi connectivity index (χ3v) is 2.06. The maximum absolute atomic E-state index is 10.8. The lowest BCUT2D eigenvalue weighted by atomic mass is 10.2. The van der Waals surface area contributed by atoms with Crippen LogP contribution < -0.4 is 11.4 Å². The number of aromatic nitrogens is 1. The van der Waals surface area contributed by atoms with Crippen LogP contribution in [-0.4, -0.2) is 15.8 Å². The number of aromatic carboxylic acids is 1. The highest BCUT2D eigenvalue weighted by Gasteiger charge is 2.12. The molecule has 2 aromatic rings. The lowest BCUT2D eigenvalue weighted by Gasteiger charge is -2.05. The Bertz CT molecular complexity index is 490. The van der Waals surface area contributed by atoms with E-state index in [0.29, 0.717) is 0 Å². The summed E-state index contributed by atoms with van der Waals surface area (Å²) >= 11 is 0. The summed E-state index contributed by atoms with van der Waals surface area (Å²) in [5, 5.41) is 9.72. The number of hydrogen-bond acceptors (Lipinski definition) is 3. The number of carboxylic acids is 1. The highest BCUT2D eigenvalue weighted by molar-refractivity contribution is 5.94. The van der Waals surface area contributed by atoms with Crippen LogP contribution in [0.5, 0.6) is 0 Å². The monoisotopic (exact) mass is 191 g/mol. The summed E-state index contributed by atoms with van der Waals surface area (Å²) in [4.78, 5) is 10.8. The molecule has 1 aromatic carbocycles. The van der Waals surface area contributed by atoms with E-state index >= 15 is 0 Å². The molecule has 0 aliphatic heterocycles. The Kier molecular flexibility index (Phi) is 1.86. The highest BCUT2D eigenvalue weighted by atomic mass is 16.4. The van der Waals surface area contributed by atoms with Crippen molar-refractivity contribution in [2.45, 2.75) is 0 Å². The summed E-state index contributed by atoms with van der Waals surface area (Å²) in [7, 11) is 0. The SMILES string of the molecule is NNn1c(C(=O)O)cc2ccccc21. The summed E-state index contributed by atoms with van der Waals surface area (Å²) in [5.74, 6) is 4.23. The van der Waals surface area contributed by atoms with Gasteiger partial charge in [0.1, 0.15) is 5.69 Å². The number of hydrazine groups is 1. The summed E-state index contributed by atoms with van der Waals surface area (Å²) in [5.41, 5.74) is 3.20. The summed E-state index contributed by atoms with van der Waals surface area (Å²) < 4.78 is 1.33. The molecule has 0 atom stereocenters. The standard InChI is InChI=1S/C9H9N3O2/c10-11-12-7-4-2-1-3-6(7)5-8(12)9(13)14/h1-5,11H,10H2,(H,13,14). The Morgan fingerprint density at radius 3 is 2.79 bits per heavy atom. The summed E-state index contributed by atoms with van der Waals surface area (Å²) in [6, 6.07) is 8.85. The summed E-state index contributed by atoms with van der Waals surface area (Å²) in [6.45, 7) is 0. The number of nitrogens with zero attached hydrogens (tertiary/aromatic N) is 1. The largest absolute Gasteiger partial charge is 0.477 e. The average molecular weight is 191 g/mol. The molecule has 5 heteroatoms. The van der Waals surface area contributed by atoms with Gasteiger partial charge in [-0.3, -0.25) is 5.53 Å². The molecule has 4 N–H and O–H groups in total. The van der Waals surface area contributed by atoms with Crippen molar-refractivity contribution in [1.82, 2.24) is 4.68 Å². The fourth-order valence-electron chi connectivity index (χ4n) is 1.45. The van der Waals surface area contributed by atoms with Crippen LogP contribution in [0.25, 0.3) is 10.9 Å². The number of hydrogen-bond donors (Lipinski definition) is 3. The van der Waals surface area contributed by atoms with Crippen molar-refractivity contribution in [2.75, 3.05) is 5.53 Å². The predicted molar refractivity (Wildman–Crippen MR) is 52.4 cm³/mol. The van der Waals surface area contributed by atoms with E-state index < -0.39 is 5.97 Å². The maximum atomic E-state index is 10.8. The van der Waals surface area contributed by atoms with Crippen molar-refractivity contribution in [2.24, 2.45) is 5.84 Å². The topological polar surface area (TPSA) is 80.3 Å². The number of carboxylic acid groups (broad SMARTS) is 1. The Labute approximate surface area is 79.7 Å². The third-order valence-electron chi connectivity index (χ3n) is 2.06. The van der Waals surface area contributed by atoms with E-state index in [2.05, 4.69) is 5.53 Å². The highest BCUT2D eigenvalue weighted by Crippen LogP contribution is 2.17. The van der Waals surface area contributed by atoms with Gasteiger partial charge in [-0.15, -0.1) is 0 Å². The first-order valence-electron chi connectivity index (χ1n) is 4.04. The van der Waals surface area contributed by atoms with Crippen molar-refractivity contribution < 1.29 is 9.90 Å². The fourth-order valence-corrected chi connectivity index (χ4v) is 1.45. The van der Waals surface area contributed by atoms with Gasteiger partial charge in [-0.1, -0.05) is 18.2 Å². The molecule has 0 radical (unpaired) electrons. The molecular formula is C9H9N3O2. The van der Waals surface area contributed by atoms with E-state index in [9.17, 15) is 4.79 Å². The van der Waals surface area contributed by atoms with Gasteiger partial charge in [0.05, 0.1) is 5.52 Å². The van der Waals surface area contributed by atoms with Crippen LogP contribution >= 0.6 is 0 Å². The number of nitrogens with two attached hydrogens (primary N) is 1. The van der Waals surface area contributed by atoms with E-state index in [1.165, 1.54) is 4.68 Å². The molecule has 14 heavy (non-hydrogen) atoms. The van der Waals surface area contributed by atoms with Crippen LogP contribution in [0.3, 0.4) is 0 Å². The minimum Gasteiger partial charge on any atom is -0.477 e. The van der Waals surface area contributed by atoms with E-state index in [4.69, 9.17) is 10.9 Å². The third kappa shape index (κ3) is 1.11. The number of rotatable bonds is 2. The quantitative estimate of drug-likeness (QED) is 0.483. The first-order valence-corrected chi connectivity index (χ1v) is 4.04. The lowest BCUT2D eigenvalue weighted by molar-refractivity contribution is 0.0687. The van der Waals surface area contributed by atoms with Crippen LogP contribution in [-0.2, 0) is 0 Å². The molecule has 0 unspecified atom stereocenters. The van der Waals surface area contributed by atoms with Gasteiger partial charge in [-0.05, 0) is 12.1 Å². The van der Waals surface area contributed by atoms with Gasteiger partial charge in [0.2, 0.25) is 0 Å². The van der Waals surface area contributed by atoms with Crippen LogP contribution in [0.1, 0.15) is 10.5 Å². The van der Waals surface area contributed by atoms with E-state index in [1.807, 2.05) is 18.2 Å². The Balaban J connectivity index is 2.78. The van der Waals surface area contributed by atoms with Gasteiger partial charge in [-0.2, -0.15) is 0 Å². The zero-order chi connectivity index (χ0) is 10.1. The molecule has 0 aliphatic rings. The molecule has 2 rings (SSSR count). The minimum absolute atomic E-state index is 0.119.